The van der Waals surface area contributed by atoms with Crippen molar-refractivity contribution in [3.8, 4) is 23.3 Å². The lowest BCUT2D eigenvalue weighted by Gasteiger charge is -2.16. The van der Waals surface area contributed by atoms with Crippen LogP contribution in [-0.4, -0.2) is 30.1 Å². The number of urea groups is 1. The van der Waals surface area contributed by atoms with E-state index in [4.69, 9.17) is 20.5 Å². The van der Waals surface area contributed by atoms with Gasteiger partial charge in [-0.25, -0.2) is 13.6 Å². The molecule has 4 N–H and O–H groups in total. The predicted molar refractivity (Wildman–Crippen MR) is 124 cm³/mol. The topological polar surface area (TPSA) is 139 Å². The van der Waals surface area contributed by atoms with Crippen molar-refractivity contribution in [2.45, 2.75) is 26.7 Å². The van der Waals surface area contributed by atoms with Crippen LogP contribution < -0.4 is 25.8 Å². The number of hydrogen-bond acceptors (Lipinski definition) is 6. The van der Waals surface area contributed by atoms with Crippen molar-refractivity contribution in [3.05, 3.63) is 53.2 Å². The van der Waals surface area contributed by atoms with E-state index in [-0.39, 0.29) is 46.7 Å². The number of carbonyl (C=O) groups excluding carboxylic acids is 2. The van der Waals surface area contributed by atoms with Gasteiger partial charge in [-0.05, 0) is 25.5 Å². The van der Waals surface area contributed by atoms with Crippen molar-refractivity contribution in [1.82, 2.24) is 10.3 Å². The van der Waals surface area contributed by atoms with Gasteiger partial charge < -0.3 is 25.8 Å². The Kier molecular flexibility index (Phi) is 7.99. The fourth-order valence-electron chi connectivity index (χ4n) is 3.19. The second-order valence-corrected chi connectivity index (χ2v) is 7.45. The number of aromatic nitrogens is 1. The zero-order valence-corrected chi connectivity index (χ0v) is 19.1. The van der Waals surface area contributed by atoms with E-state index in [0.717, 1.165) is 6.07 Å². The first-order chi connectivity index (χ1) is 16.8. The number of halogens is 2. The number of fused-ring (bicyclic) bond motifs is 1. The molecule has 0 bridgehead atoms. The summed E-state index contributed by atoms with van der Waals surface area (Å²) in [6.07, 6.45) is 2.15. The van der Waals surface area contributed by atoms with Crippen molar-refractivity contribution >= 4 is 28.5 Å². The number of hydrogen-bond donors (Lipinski definition) is 3. The van der Waals surface area contributed by atoms with Crippen LogP contribution in [0.4, 0.5) is 19.3 Å². The first-order valence-corrected chi connectivity index (χ1v) is 10.7. The lowest BCUT2D eigenvalue weighted by atomic mass is 10.1. The molecule has 0 aliphatic carbocycles. The molecule has 0 radical (unpaired) electrons. The molecule has 3 rings (SSSR count). The van der Waals surface area contributed by atoms with Gasteiger partial charge in [0, 0.05) is 35.8 Å². The number of amides is 3. The molecule has 182 valence electrons. The molecular weight excluding hydrogens is 460 g/mol. The number of carbonyl (C=O) groups is 2. The molecule has 11 heteroatoms. The minimum absolute atomic E-state index is 0.0111. The highest BCUT2D eigenvalue weighted by atomic mass is 19.1. The highest BCUT2D eigenvalue weighted by Crippen LogP contribution is 2.37. The third-order valence-electron chi connectivity index (χ3n) is 4.96. The van der Waals surface area contributed by atoms with Gasteiger partial charge >= 0.3 is 6.03 Å². The van der Waals surface area contributed by atoms with Crippen LogP contribution in [0.25, 0.3) is 10.9 Å². The van der Waals surface area contributed by atoms with Crippen LogP contribution in [-0.2, 0) is 0 Å². The van der Waals surface area contributed by atoms with E-state index in [1.165, 1.54) is 31.3 Å². The monoisotopic (exact) mass is 483 g/mol. The summed E-state index contributed by atoms with van der Waals surface area (Å²) in [7, 11) is 0. The molecule has 0 aliphatic heterocycles. The van der Waals surface area contributed by atoms with E-state index in [1.54, 1.807) is 0 Å². The normalized spacial score (nSPS) is 10.5. The third-order valence-corrected chi connectivity index (χ3v) is 4.96. The number of nitrogens with one attached hydrogen (secondary N) is 2. The Morgan fingerprint density at radius 3 is 2.69 bits per heavy atom. The van der Waals surface area contributed by atoms with Gasteiger partial charge in [-0.1, -0.05) is 6.92 Å². The standard InChI is InChI=1S/C24H23F2N5O4/c1-3-7-30-24(33)31-17-11-16(25)22(21(26)13(17)2)35-19-5-8-29-18-12-20(34-9-4-6-27)15(23(28)32)10-14(18)19/h5,8,10-12H,3-4,7,9H2,1-2H3,(H2,28,32)(H2,30,31,33). The van der Waals surface area contributed by atoms with Crippen LogP contribution in [0.15, 0.2) is 30.5 Å². The summed E-state index contributed by atoms with van der Waals surface area (Å²) in [5.41, 5.74) is 5.68. The summed E-state index contributed by atoms with van der Waals surface area (Å²) in [5.74, 6) is -3.42. The Balaban J connectivity index is 1.99. The Hall–Kier alpha value is -4.46. The van der Waals surface area contributed by atoms with Gasteiger partial charge in [-0.15, -0.1) is 0 Å². The molecule has 9 nitrogen and oxygen atoms in total. The van der Waals surface area contributed by atoms with Gasteiger partial charge in [0.25, 0.3) is 5.91 Å². The fourth-order valence-corrected chi connectivity index (χ4v) is 3.19. The number of pyridine rings is 1. The average molecular weight is 483 g/mol. The number of anilines is 1. The smallest absolute Gasteiger partial charge is 0.319 e. The quantitative estimate of drug-likeness (QED) is 0.382. The summed E-state index contributed by atoms with van der Waals surface area (Å²) in [5, 5.41) is 13.9. The fraction of sp³-hybridized carbons (Fsp3) is 0.250. The van der Waals surface area contributed by atoms with Crippen molar-refractivity contribution in [3.63, 3.8) is 0 Å². The maximum absolute atomic E-state index is 15.1. The Labute approximate surface area is 199 Å². The maximum atomic E-state index is 15.1. The van der Waals surface area contributed by atoms with Crippen LogP contribution in [0.2, 0.25) is 0 Å². The largest absolute Gasteiger partial charge is 0.492 e. The second kappa shape index (κ2) is 11.1. The molecule has 0 unspecified atom stereocenters. The molecule has 2 aromatic carbocycles. The molecule has 0 fully saturated rings. The SMILES string of the molecule is CCCNC(=O)Nc1cc(F)c(Oc2ccnc3cc(OCCC#N)c(C(N)=O)cc23)c(F)c1C. The van der Waals surface area contributed by atoms with Crippen LogP contribution in [0.3, 0.4) is 0 Å². The molecular formula is C24H23F2N5O4. The summed E-state index contributed by atoms with van der Waals surface area (Å²) in [6, 6.07) is 6.44. The lowest BCUT2D eigenvalue weighted by Crippen LogP contribution is -2.29. The van der Waals surface area contributed by atoms with E-state index >= 15 is 4.39 Å². The molecule has 0 saturated carbocycles. The van der Waals surface area contributed by atoms with Crippen molar-refractivity contribution in [2.75, 3.05) is 18.5 Å². The Morgan fingerprint density at radius 2 is 2.00 bits per heavy atom. The van der Waals surface area contributed by atoms with Crippen molar-refractivity contribution in [1.29, 1.82) is 5.26 Å². The minimum Gasteiger partial charge on any atom is -0.492 e. The van der Waals surface area contributed by atoms with E-state index < -0.39 is 29.3 Å². The van der Waals surface area contributed by atoms with Gasteiger partial charge in [0.1, 0.15) is 18.1 Å². The molecule has 1 aromatic heterocycles. The first-order valence-electron chi connectivity index (χ1n) is 10.7. The van der Waals surface area contributed by atoms with Gasteiger partial charge in [0.15, 0.2) is 17.4 Å². The number of nitriles is 1. The number of ether oxygens (including phenoxy) is 2. The zero-order valence-electron chi connectivity index (χ0n) is 19.1. The first kappa shape index (κ1) is 25.2. The lowest BCUT2D eigenvalue weighted by molar-refractivity contribution is 0.0996. The molecule has 0 saturated heterocycles. The minimum atomic E-state index is -1.05. The highest BCUT2D eigenvalue weighted by Gasteiger charge is 2.21. The summed E-state index contributed by atoms with van der Waals surface area (Å²) in [6.45, 7) is 3.68. The van der Waals surface area contributed by atoms with Gasteiger partial charge in [-0.2, -0.15) is 5.26 Å². The molecule has 3 aromatic rings. The number of primary amides is 1. The maximum Gasteiger partial charge on any atom is 0.319 e. The summed E-state index contributed by atoms with van der Waals surface area (Å²) in [4.78, 5) is 28.1. The number of rotatable bonds is 9. The van der Waals surface area contributed by atoms with Crippen molar-refractivity contribution in [2.24, 2.45) is 5.73 Å². The van der Waals surface area contributed by atoms with Gasteiger partial charge in [0.2, 0.25) is 0 Å². The molecule has 0 atom stereocenters. The van der Waals surface area contributed by atoms with Gasteiger partial charge in [-0.3, -0.25) is 9.78 Å². The van der Waals surface area contributed by atoms with Crippen LogP contribution >= 0.6 is 0 Å². The Bertz CT molecular complexity index is 1320. The van der Waals surface area contributed by atoms with E-state index in [2.05, 4.69) is 15.6 Å². The Morgan fingerprint density at radius 1 is 1.23 bits per heavy atom. The summed E-state index contributed by atoms with van der Waals surface area (Å²) < 4.78 is 41.0. The van der Waals surface area contributed by atoms with Crippen LogP contribution in [0.1, 0.15) is 35.7 Å². The second-order valence-electron chi connectivity index (χ2n) is 7.45. The number of nitrogens with zero attached hydrogens (tertiary/aromatic N) is 2. The predicted octanol–water partition coefficient (Wildman–Crippen LogP) is 4.54. The van der Waals surface area contributed by atoms with Crippen molar-refractivity contribution < 1.29 is 27.8 Å². The summed E-state index contributed by atoms with van der Waals surface area (Å²) >= 11 is 0. The molecule has 0 aliphatic rings. The molecule has 0 spiro atoms. The third kappa shape index (κ3) is 5.73. The van der Waals surface area contributed by atoms with E-state index in [1.807, 2.05) is 13.0 Å². The number of nitrogens with two attached hydrogens (primary N) is 1. The molecule has 1 heterocycles. The number of benzene rings is 2. The zero-order chi connectivity index (χ0) is 25.5. The molecule has 3 amide bonds. The van der Waals surface area contributed by atoms with E-state index in [9.17, 15) is 14.0 Å². The van der Waals surface area contributed by atoms with Gasteiger partial charge in [0.05, 0.1) is 29.3 Å². The van der Waals surface area contributed by atoms with Crippen LogP contribution in [0, 0.1) is 29.9 Å². The average Bonchev–Trinajstić information content (AvgIpc) is 2.83. The van der Waals surface area contributed by atoms with Crippen LogP contribution in [0.5, 0.6) is 17.2 Å². The highest BCUT2D eigenvalue weighted by molar-refractivity contribution is 6.01. The molecule has 35 heavy (non-hydrogen) atoms. The van der Waals surface area contributed by atoms with E-state index in [0.29, 0.717) is 18.5 Å².